The van der Waals surface area contributed by atoms with Crippen molar-refractivity contribution in [3.8, 4) is 11.5 Å². The molecule has 0 fully saturated rings. The van der Waals surface area contributed by atoms with Gasteiger partial charge in [0.1, 0.15) is 0 Å². The Labute approximate surface area is 110 Å². The van der Waals surface area contributed by atoms with Crippen LogP contribution in [0.2, 0.25) is 0 Å². The zero-order chi connectivity index (χ0) is 13.8. The van der Waals surface area contributed by atoms with Gasteiger partial charge in [0, 0.05) is 12.0 Å². The molecule has 0 spiro atoms. The second-order valence-corrected chi connectivity index (χ2v) is 4.97. The molecule has 0 aliphatic carbocycles. The molecule has 102 valence electrons. The van der Waals surface area contributed by atoms with Gasteiger partial charge in [-0.25, -0.2) is 0 Å². The largest absolute Gasteiger partial charge is 0.493 e. The minimum absolute atomic E-state index is 0.110. The highest BCUT2D eigenvalue weighted by atomic mass is 16.5. The first-order valence-corrected chi connectivity index (χ1v) is 6.40. The van der Waals surface area contributed by atoms with Gasteiger partial charge in [-0.1, -0.05) is 13.8 Å². The lowest BCUT2D eigenvalue weighted by Gasteiger charge is -2.31. The van der Waals surface area contributed by atoms with E-state index in [1.807, 2.05) is 7.05 Å². The molecule has 1 atom stereocenters. The number of ether oxygens (including phenoxy) is 2. The number of aryl methyl sites for hydroxylation is 1. The Morgan fingerprint density at radius 3 is 2.17 bits per heavy atom. The highest BCUT2D eigenvalue weighted by Crippen LogP contribution is 2.37. The smallest absolute Gasteiger partial charge is 0.161 e. The summed E-state index contributed by atoms with van der Waals surface area (Å²) in [6, 6.07) is 4.16. The van der Waals surface area contributed by atoms with Crippen LogP contribution in [-0.2, 0) is 5.41 Å². The topological polar surface area (TPSA) is 30.5 Å². The number of hydrogen-bond acceptors (Lipinski definition) is 3. The summed E-state index contributed by atoms with van der Waals surface area (Å²) in [5.74, 6) is 1.59. The molecule has 3 nitrogen and oxygen atoms in total. The summed E-state index contributed by atoms with van der Waals surface area (Å²) in [6.07, 6.45) is 1.07. The standard InChI is InChI=1S/C15H25NO2/c1-7-15(3,10-16-4)12-9-14(18-6)13(17-5)8-11(12)2/h8-9,16H,7,10H2,1-6H3. The van der Waals surface area contributed by atoms with Gasteiger partial charge in [-0.15, -0.1) is 0 Å². The summed E-state index contributed by atoms with van der Waals surface area (Å²) < 4.78 is 10.7. The molecule has 0 aromatic heterocycles. The first-order valence-electron chi connectivity index (χ1n) is 6.40. The van der Waals surface area contributed by atoms with Crippen molar-refractivity contribution < 1.29 is 9.47 Å². The van der Waals surface area contributed by atoms with E-state index < -0.39 is 0 Å². The molecule has 1 N–H and O–H groups in total. The summed E-state index contributed by atoms with van der Waals surface area (Å²) in [7, 11) is 5.34. The minimum atomic E-state index is 0.110. The molecule has 1 aromatic carbocycles. The molecule has 0 aliphatic rings. The van der Waals surface area contributed by atoms with Crippen LogP contribution in [-0.4, -0.2) is 27.8 Å². The lowest BCUT2D eigenvalue weighted by molar-refractivity contribution is 0.351. The van der Waals surface area contributed by atoms with E-state index in [0.717, 1.165) is 24.5 Å². The van der Waals surface area contributed by atoms with Crippen molar-refractivity contribution in [1.82, 2.24) is 5.32 Å². The normalized spacial score (nSPS) is 14.1. The number of likely N-dealkylation sites (N-methyl/N-ethyl adjacent to an activating group) is 1. The molecule has 0 radical (unpaired) electrons. The predicted molar refractivity (Wildman–Crippen MR) is 75.9 cm³/mol. The van der Waals surface area contributed by atoms with E-state index in [2.05, 4.69) is 38.2 Å². The number of nitrogens with one attached hydrogen (secondary N) is 1. The van der Waals surface area contributed by atoms with E-state index in [0.29, 0.717) is 0 Å². The third-order valence-corrected chi connectivity index (χ3v) is 3.73. The molecule has 0 saturated carbocycles. The Balaban J connectivity index is 3.31. The fourth-order valence-corrected chi connectivity index (χ4v) is 2.43. The monoisotopic (exact) mass is 251 g/mol. The second-order valence-electron chi connectivity index (χ2n) is 4.97. The maximum Gasteiger partial charge on any atom is 0.161 e. The molecule has 1 rings (SSSR count). The number of benzene rings is 1. The van der Waals surface area contributed by atoms with E-state index in [9.17, 15) is 0 Å². The fourth-order valence-electron chi connectivity index (χ4n) is 2.43. The summed E-state index contributed by atoms with van der Waals surface area (Å²) >= 11 is 0. The third kappa shape index (κ3) is 2.78. The van der Waals surface area contributed by atoms with Gasteiger partial charge < -0.3 is 14.8 Å². The Bertz CT molecular complexity index is 404. The van der Waals surface area contributed by atoms with Crippen molar-refractivity contribution in [3.05, 3.63) is 23.3 Å². The van der Waals surface area contributed by atoms with Crippen LogP contribution in [0.3, 0.4) is 0 Å². The third-order valence-electron chi connectivity index (χ3n) is 3.73. The van der Waals surface area contributed by atoms with Gasteiger partial charge >= 0.3 is 0 Å². The summed E-state index contributed by atoms with van der Waals surface area (Å²) in [4.78, 5) is 0. The van der Waals surface area contributed by atoms with E-state index in [-0.39, 0.29) is 5.41 Å². The van der Waals surface area contributed by atoms with E-state index in [1.165, 1.54) is 11.1 Å². The van der Waals surface area contributed by atoms with Crippen molar-refractivity contribution >= 4 is 0 Å². The molecule has 0 heterocycles. The summed E-state index contributed by atoms with van der Waals surface area (Å²) in [5, 5.41) is 3.28. The van der Waals surface area contributed by atoms with Crippen LogP contribution >= 0.6 is 0 Å². The Morgan fingerprint density at radius 2 is 1.72 bits per heavy atom. The lowest BCUT2D eigenvalue weighted by Crippen LogP contribution is -2.34. The number of methoxy groups -OCH3 is 2. The molecule has 3 heteroatoms. The van der Waals surface area contributed by atoms with Crippen molar-refractivity contribution in [2.45, 2.75) is 32.6 Å². The van der Waals surface area contributed by atoms with Gasteiger partial charge in [0.15, 0.2) is 11.5 Å². The average Bonchev–Trinajstić information content (AvgIpc) is 2.38. The maximum atomic E-state index is 5.40. The van der Waals surface area contributed by atoms with Gasteiger partial charge in [-0.2, -0.15) is 0 Å². The molecule has 0 aliphatic heterocycles. The number of hydrogen-bond donors (Lipinski definition) is 1. The van der Waals surface area contributed by atoms with Gasteiger partial charge in [-0.05, 0) is 43.7 Å². The molecule has 0 saturated heterocycles. The fraction of sp³-hybridized carbons (Fsp3) is 0.600. The first-order chi connectivity index (χ1) is 8.52. The molecule has 18 heavy (non-hydrogen) atoms. The maximum absolute atomic E-state index is 5.40. The van der Waals surface area contributed by atoms with Crippen LogP contribution in [0.4, 0.5) is 0 Å². The molecular formula is C15H25NO2. The predicted octanol–water partition coefficient (Wildman–Crippen LogP) is 2.90. The molecule has 1 aromatic rings. The van der Waals surface area contributed by atoms with Crippen molar-refractivity contribution in [3.63, 3.8) is 0 Å². The van der Waals surface area contributed by atoms with Crippen LogP contribution in [0.25, 0.3) is 0 Å². The SMILES string of the molecule is CCC(C)(CNC)c1cc(OC)c(OC)cc1C. The van der Waals surface area contributed by atoms with Crippen LogP contribution in [0, 0.1) is 6.92 Å². The van der Waals surface area contributed by atoms with Crippen LogP contribution in [0.15, 0.2) is 12.1 Å². The summed E-state index contributed by atoms with van der Waals surface area (Å²) in [6.45, 7) is 7.56. The summed E-state index contributed by atoms with van der Waals surface area (Å²) in [5.41, 5.74) is 2.67. The van der Waals surface area contributed by atoms with Crippen LogP contribution < -0.4 is 14.8 Å². The molecule has 0 amide bonds. The molecular weight excluding hydrogens is 226 g/mol. The van der Waals surface area contributed by atoms with E-state index in [4.69, 9.17) is 9.47 Å². The van der Waals surface area contributed by atoms with Crippen LogP contribution in [0.5, 0.6) is 11.5 Å². The molecule has 1 unspecified atom stereocenters. The van der Waals surface area contributed by atoms with Gasteiger partial charge in [0.05, 0.1) is 14.2 Å². The van der Waals surface area contributed by atoms with Crippen molar-refractivity contribution in [2.24, 2.45) is 0 Å². The average molecular weight is 251 g/mol. The van der Waals surface area contributed by atoms with E-state index in [1.54, 1.807) is 14.2 Å². The minimum Gasteiger partial charge on any atom is -0.493 e. The van der Waals surface area contributed by atoms with Gasteiger partial charge in [-0.3, -0.25) is 0 Å². The van der Waals surface area contributed by atoms with Crippen molar-refractivity contribution in [1.29, 1.82) is 0 Å². The molecule has 0 bridgehead atoms. The Hall–Kier alpha value is -1.22. The van der Waals surface area contributed by atoms with Crippen LogP contribution in [0.1, 0.15) is 31.4 Å². The highest BCUT2D eigenvalue weighted by molar-refractivity contribution is 5.49. The zero-order valence-corrected chi connectivity index (χ0v) is 12.4. The second kappa shape index (κ2) is 6.10. The first kappa shape index (κ1) is 14.8. The Kier molecular flexibility index (Phi) is 5.03. The van der Waals surface area contributed by atoms with Gasteiger partial charge in [0.25, 0.3) is 0 Å². The zero-order valence-electron chi connectivity index (χ0n) is 12.4. The van der Waals surface area contributed by atoms with Crippen molar-refractivity contribution in [2.75, 3.05) is 27.8 Å². The van der Waals surface area contributed by atoms with E-state index >= 15 is 0 Å². The number of rotatable bonds is 6. The Morgan fingerprint density at radius 1 is 1.17 bits per heavy atom. The lowest BCUT2D eigenvalue weighted by atomic mass is 9.77. The van der Waals surface area contributed by atoms with Gasteiger partial charge in [0.2, 0.25) is 0 Å². The highest BCUT2D eigenvalue weighted by Gasteiger charge is 2.27. The quantitative estimate of drug-likeness (QED) is 0.843.